The van der Waals surface area contributed by atoms with Crippen LogP contribution in [0.1, 0.15) is 16.8 Å². The lowest BCUT2D eigenvalue weighted by atomic mass is 10.1. The third kappa shape index (κ3) is 4.44. The van der Waals surface area contributed by atoms with E-state index in [2.05, 4.69) is 47.3 Å². The highest BCUT2D eigenvalue weighted by molar-refractivity contribution is 14.0. The normalized spacial score (nSPS) is 11.2. The van der Waals surface area contributed by atoms with Gasteiger partial charge in [0.25, 0.3) is 0 Å². The summed E-state index contributed by atoms with van der Waals surface area (Å²) < 4.78 is 0. The lowest BCUT2D eigenvalue weighted by Gasteiger charge is -2.08. The molecule has 3 rings (SSSR count). The van der Waals surface area contributed by atoms with E-state index < -0.39 is 0 Å². The van der Waals surface area contributed by atoms with Gasteiger partial charge in [0.05, 0.1) is 12.2 Å². The number of hydrogen-bond acceptors (Lipinski definition) is 2. The molecular formula is C19H21IN4. The number of anilines is 1. The molecule has 0 saturated heterocycles. The Bertz CT molecular complexity index is 849. The van der Waals surface area contributed by atoms with Crippen LogP contribution in [-0.4, -0.2) is 10.9 Å². The fraction of sp³-hybridized carbons (Fsp3) is 0.158. The maximum Gasteiger partial charge on any atom is 0.193 e. The second-order valence-electron chi connectivity index (χ2n) is 5.68. The molecule has 2 aromatic carbocycles. The van der Waals surface area contributed by atoms with Gasteiger partial charge in [0, 0.05) is 17.3 Å². The number of aliphatic imine (C=N–C) groups is 1. The van der Waals surface area contributed by atoms with Gasteiger partial charge >= 0.3 is 0 Å². The Kier molecular flexibility index (Phi) is 6.14. The van der Waals surface area contributed by atoms with Crippen LogP contribution in [0.4, 0.5) is 5.69 Å². The van der Waals surface area contributed by atoms with Gasteiger partial charge in [-0.3, -0.25) is 4.98 Å². The average Bonchev–Trinajstić information content (AvgIpc) is 2.52. The quantitative estimate of drug-likeness (QED) is 0.367. The van der Waals surface area contributed by atoms with Crippen LogP contribution in [-0.2, 0) is 6.54 Å². The van der Waals surface area contributed by atoms with E-state index in [1.54, 1.807) is 6.20 Å². The van der Waals surface area contributed by atoms with Crippen molar-refractivity contribution >= 4 is 46.4 Å². The van der Waals surface area contributed by atoms with Crippen molar-refractivity contribution in [3.05, 3.63) is 71.5 Å². The van der Waals surface area contributed by atoms with Gasteiger partial charge in [0.2, 0.25) is 0 Å². The van der Waals surface area contributed by atoms with Crippen molar-refractivity contribution in [1.29, 1.82) is 0 Å². The molecule has 0 aliphatic heterocycles. The van der Waals surface area contributed by atoms with Crippen LogP contribution in [0.5, 0.6) is 0 Å². The van der Waals surface area contributed by atoms with Crippen LogP contribution >= 0.6 is 24.0 Å². The van der Waals surface area contributed by atoms with Gasteiger partial charge in [-0.25, -0.2) is 4.99 Å². The summed E-state index contributed by atoms with van der Waals surface area (Å²) in [6, 6.07) is 16.4. The molecule has 124 valence electrons. The molecule has 0 radical (unpaired) electrons. The van der Waals surface area contributed by atoms with Gasteiger partial charge in [-0.1, -0.05) is 30.3 Å². The predicted octanol–water partition coefficient (Wildman–Crippen LogP) is 4.40. The van der Waals surface area contributed by atoms with E-state index in [0.717, 1.165) is 22.2 Å². The minimum atomic E-state index is 0. The molecule has 0 aliphatic carbocycles. The molecular weight excluding hydrogens is 411 g/mol. The maximum absolute atomic E-state index is 6.01. The summed E-state index contributed by atoms with van der Waals surface area (Å²) >= 11 is 0. The molecule has 0 bridgehead atoms. The SMILES string of the molecule is Cc1cc(C)cc(NC(N)=NCc2nccc3ccccc23)c1.I. The highest BCUT2D eigenvalue weighted by atomic mass is 127. The average molecular weight is 432 g/mol. The first-order chi connectivity index (χ1) is 11.1. The molecule has 4 nitrogen and oxygen atoms in total. The lowest BCUT2D eigenvalue weighted by molar-refractivity contribution is 1.00. The molecule has 3 N–H and O–H groups in total. The zero-order valence-corrected chi connectivity index (χ0v) is 16.1. The van der Waals surface area contributed by atoms with Crippen LogP contribution in [0.2, 0.25) is 0 Å². The number of nitrogens with two attached hydrogens (primary N) is 1. The Hall–Kier alpha value is -2.15. The molecule has 1 heterocycles. The minimum Gasteiger partial charge on any atom is -0.370 e. The monoisotopic (exact) mass is 432 g/mol. The number of pyridine rings is 1. The maximum atomic E-state index is 6.01. The van der Waals surface area contributed by atoms with Crippen molar-refractivity contribution in [2.45, 2.75) is 20.4 Å². The molecule has 0 unspecified atom stereocenters. The second kappa shape index (κ2) is 8.10. The van der Waals surface area contributed by atoms with Crippen molar-refractivity contribution in [1.82, 2.24) is 4.98 Å². The largest absolute Gasteiger partial charge is 0.370 e. The summed E-state index contributed by atoms with van der Waals surface area (Å²) in [6.07, 6.45) is 1.81. The number of benzene rings is 2. The van der Waals surface area contributed by atoms with Crippen LogP contribution in [0, 0.1) is 13.8 Å². The number of aromatic nitrogens is 1. The number of halogens is 1. The number of hydrogen-bond donors (Lipinski definition) is 2. The summed E-state index contributed by atoms with van der Waals surface area (Å²) in [4.78, 5) is 8.84. The summed E-state index contributed by atoms with van der Waals surface area (Å²) in [5.74, 6) is 0.393. The third-order valence-electron chi connectivity index (χ3n) is 3.65. The van der Waals surface area contributed by atoms with Crippen molar-refractivity contribution in [3.63, 3.8) is 0 Å². The number of guanidine groups is 1. The van der Waals surface area contributed by atoms with E-state index in [0.29, 0.717) is 12.5 Å². The molecule has 0 aliphatic rings. The smallest absolute Gasteiger partial charge is 0.193 e. The summed E-state index contributed by atoms with van der Waals surface area (Å²) in [7, 11) is 0. The Morgan fingerprint density at radius 2 is 1.79 bits per heavy atom. The van der Waals surface area contributed by atoms with Gasteiger partial charge in [-0.2, -0.15) is 0 Å². The lowest BCUT2D eigenvalue weighted by Crippen LogP contribution is -2.22. The van der Waals surface area contributed by atoms with Crippen molar-refractivity contribution in [2.24, 2.45) is 10.7 Å². The van der Waals surface area contributed by atoms with Crippen molar-refractivity contribution in [2.75, 3.05) is 5.32 Å². The van der Waals surface area contributed by atoms with Gasteiger partial charge in [0.1, 0.15) is 0 Å². The minimum absolute atomic E-state index is 0. The first kappa shape index (κ1) is 18.2. The number of rotatable bonds is 3. The van der Waals surface area contributed by atoms with E-state index in [-0.39, 0.29) is 24.0 Å². The van der Waals surface area contributed by atoms with E-state index in [1.807, 2.05) is 30.3 Å². The van der Waals surface area contributed by atoms with Gasteiger partial charge < -0.3 is 11.1 Å². The van der Waals surface area contributed by atoms with Gasteiger partial charge in [0.15, 0.2) is 5.96 Å². The Morgan fingerprint density at radius 3 is 2.54 bits per heavy atom. The van der Waals surface area contributed by atoms with E-state index in [4.69, 9.17) is 5.73 Å². The Morgan fingerprint density at radius 1 is 1.08 bits per heavy atom. The number of aryl methyl sites for hydroxylation is 2. The number of nitrogens with one attached hydrogen (secondary N) is 1. The predicted molar refractivity (Wildman–Crippen MR) is 112 cm³/mol. The van der Waals surface area contributed by atoms with Crippen molar-refractivity contribution < 1.29 is 0 Å². The van der Waals surface area contributed by atoms with Gasteiger partial charge in [-0.15, -0.1) is 24.0 Å². The summed E-state index contributed by atoms with van der Waals surface area (Å²) in [5.41, 5.74) is 10.3. The second-order valence-corrected chi connectivity index (χ2v) is 5.68. The van der Waals surface area contributed by atoms with Crippen LogP contribution in [0.15, 0.2) is 59.7 Å². The topological polar surface area (TPSA) is 63.3 Å². The fourth-order valence-corrected chi connectivity index (χ4v) is 2.70. The molecule has 0 spiro atoms. The molecule has 0 fully saturated rings. The number of nitrogens with zero attached hydrogens (tertiary/aromatic N) is 2. The molecule has 0 saturated carbocycles. The third-order valence-corrected chi connectivity index (χ3v) is 3.65. The molecule has 3 aromatic rings. The summed E-state index contributed by atoms with van der Waals surface area (Å²) in [5, 5.41) is 5.41. The fourth-order valence-electron chi connectivity index (χ4n) is 2.70. The molecule has 0 amide bonds. The highest BCUT2D eigenvalue weighted by Gasteiger charge is 2.02. The van der Waals surface area contributed by atoms with Crippen molar-refractivity contribution in [3.8, 4) is 0 Å². The molecule has 5 heteroatoms. The first-order valence-electron chi connectivity index (χ1n) is 7.60. The van der Waals surface area contributed by atoms with Gasteiger partial charge in [-0.05, 0) is 48.6 Å². The van der Waals surface area contributed by atoms with Crippen LogP contribution in [0.3, 0.4) is 0 Å². The van der Waals surface area contributed by atoms with Crippen LogP contribution in [0.25, 0.3) is 10.8 Å². The molecule has 1 aromatic heterocycles. The zero-order valence-electron chi connectivity index (χ0n) is 13.8. The molecule has 0 atom stereocenters. The van der Waals surface area contributed by atoms with E-state index >= 15 is 0 Å². The highest BCUT2D eigenvalue weighted by Crippen LogP contribution is 2.17. The van der Waals surface area contributed by atoms with Crippen LogP contribution < -0.4 is 11.1 Å². The zero-order chi connectivity index (χ0) is 16.2. The molecule has 24 heavy (non-hydrogen) atoms. The van der Waals surface area contributed by atoms with E-state index in [9.17, 15) is 0 Å². The van der Waals surface area contributed by atoms with E-state index in [1.165, 1.54) is 11.1 Å². The number of fused-ring (bicyclic) bond motifs is 1. The summed E-state index contributed by atoms with van der Waals surface area (Å²) in [6.45, 7) is 4.57. The first-order valence-corrected chi connectivity index (χ1v) is 7.60. The Labute approximate surface area is 159 Å². The standard InChI is InChI=1S/C19H20N4.HI/c1-13-9-14(2)11-16(10-13)23-19(20)22-12-18-17-6-4-3-5-15(17)7-8-21-18;/h3-11H,12H2,1-2H3,(H3,20,22,23);1H. The Balaban J connectivity index is 0.00000208.